The molecule has 2 aromatic rings. The van der Waals surface area contributed by atoms with E-state index in [9.17, 15) is 4.39 Å². The molecule has 2 nitrogen and oxygen atoms in total. The van der Waals surface area contributed by atoms with Crippen LogP contribution in [0.1, 0.15) is 13.8 Å². The van der Waals surface area contributed by atoms with Crippen molar-refractivity contribution in [3.63, 3.8) is 0 Å². The monoisotopic (exact) mass is 264 g/mol. The van der Waals surface area contributed by atoms with E-state index in [0.717, 1.165) is 16.0 Å². The summed E-state index contributed by atoms with van der Waals surface area (Å²) in [6.07, 6.45) is 1.47. The van der Waals surface area contributed by atoms with Gasteiger partial charge in [-0.05, 0) is 48.3 Å². The predicted octanol–water partition coefficient (Wildman–Crippen LogP) is 4.14. The van der Waals surface area contributed by atoms with E-state index >= 15 is 0 Å². The van der Waals surface area contributed by atoms with Crippen molar-refractivity contribution in [3.05, 3.63) is 48.5 Å². The smallest absolute Gasteiger partial charge is 0.213 e. The number of halogens is 1. The van der Waals surface area contributed by atoms with Crippen LogP contribution in [0.4, 0.5) is 4.39 Å². The van der Waals surface area contributed by atoms with Crippen molar-refractivity contribution < 1.29 is 4.39 Å². The zero-order valence-electron chi connectivity index (χ0n) is 10.8. The first-order valence-corrected chi connectivity index (χ1v) is 6.67. The van der Waals surface area contributed by atoms with Crippen LogP contribution in [0, 0.1) is 5.95 Å². The second kappa shape index (κ2) is 7.84. The fourth-order valence-corrected chi connectivity index (χ4v) is 1.92. The maximum Gasteiger partial charge on any atom is 0.213 e. The summed E-state index contributed by atoms with van der Waals surface area (Å²) in [5, 5.41) is 0. The minimum absolute atomic E-state index is 0.453. The molecule has 2 rings (SSSR count). The molecule has 1 aromatic heterocycles. The molecule has 0 spiro atoms. The predicted molar refractivity (Wildman–Crippen MR) is 75.9 cm³/mol. The quantitative estimate of drug-likeness (QED) is 0.666. The summed E-state index contributed by atoms with van der Waals surface area (Å²) in [5.41, 5.74) is 1.83. The average molecular weight is 264 g/mol. The molecule has 0 saturated carbocycles. The van der Waals surface area contributed by atoms with Gasteiger partial charge in [0.1, 0.15) is 0 Å². The molecule has 0 bridgehead atoms. The largest absolute Gasteiger partial charge is 0.263 e. The Morgan fingerprint density at radius 1 is 1.06 bits per heavy atom. The molecule has 1 aromatic carbocycles. The van der Waals surface area contributed by atoms with Gasteiger partial charge in [0.2, 0.25) is 5.95 Å². The van der Waals surface area contributed by atoms with Crippen molar-refractivity contribution in [2.24, 2.45) is 0 Å². The summed E-state index contributed by atoms with van der Waals surface area (Å²) >= 11 is 1.55. The SMILES string of the molecule is CC.CNSc1ccc(-c2ccnc(F)c2)cc1. The van der Waals surface area contributed by atoms with E-state index in [0.29, 0.717) is 0 Å². The Bertz CT molecular complexity index is 471. The molecule has 96 valence electrons. The number of hydrogen-bond donors (Lipinski definition) is 1. The van der Waals surface area contributed by atoms with Gasteiger partial charge in [-0.25, -0.2) is 4.98 Å². The maximum atomic E-state index is 12.9. The van der Waals surface area contributed by atoms with Crippen molar-refractivity contribution in [2.75, 3.05) is 7.05 Å². The van der Waals surface area contributed by atoms with E-state index in [1.807, 2.05) is 45.2 Å². The number of benzene rings is 1. The molecular formula is C14H17FN2S. The fraction of sp³-hybridized carbons (Fsp3) is 0.214. The van der Waals surface area contributed by atoms with E-state index in [2.05, 4.69) is 9.71 Å². The topological polar surface area (TPSA) is 24.9 Å². The molecule has 1 heterocycles. The number of pyridine rings is 1. The number of nitrogens with one attached hydrogen (secondary N) is 1. The van der Waals surface area contributed by atoms with Crippen molar-refractivity contribution in [1.82, 2.24) is 9.71 Å². The highest BCUT2D eigenvalue weighted by molar-refractivity contribution is 7.97. The highest BCUT2D eigenvalue weighted by atomic mass is 32.2. The van der Waals surface area contributed by atoms with Gasteiger partial charge in [-0.2, -0.15) is 4.39 Å². The van der Waals surface area contributed by atoms with Crippen LogP contribution in [0.2, 0.25) is 0 Å². The van der Waals surface area contributed by atoms with Gasteiger partial charge in [-0.15, -0.1) is 0 Å². The van der Waals surface area contributed by atoms with Crippen LogP contribution in [-0.4, -0.2) is 12.0 Å². The Balaban J connectivity index is 0.000000771. The molecule has 18 heavy (non-hydrogen) atoms. The third-order valence-corrected chi connectivity index (χ3v) is 2.85. The summed E-state index contributed by atoms with van der Waals surface area (Å²) in [6, 6.07) is 11.1. The Hall–Kier alpha value is -1.39. The van der Waals surface area contributed by atoms with Crippen LogP contribution in [0.5, 0.6) is 0 Å². The Morgan fingerprint density at radius 3 is 2.28 bits per heavy atom. The number of rotatable bonds is 3. The molecule has 4 heteroatoms. The van der Waals surface area contributed by atoms with Gasteiger partial charge in [0.05, 0.1) is 0 Å². The Morgan fingerprint density at radius 2 is 1.72 bits per heavy atom. The molecule has 0 aliphatic heterocycles. The molecule has 0 aliphatic carbocycles. The normalized spacial score (nSPS) is 9.56. The van der Waals surface area contributed by atoms with E-state index in [-0.39, 0.29) is 0 Å². The molecule has 0 unspecified atom stereocenters. The number of hydrogen-bond acceptors (Lipinski definition) is 3. The fourth-order valence-electron chi connectivity index (χ4n) is 1.42. The Labute approximate surface area is 112 Å². The minimum atomic E-state index is -0.453. The second-order valence-corrected chi connectivity index (χ2v) is 4.28. The lowest BCUT2D eigenvalue weighted by atomic mass is 10.1. The number of aromatic nitrogens is 1. The van der Waals surface area contributed by atoms with E-state index < -0.39 is 5.95 Å². The summed E-state index contributed by atoms with van der Waals surface area (Å²) in [7, 11) is 1.87. The second-order valence-electron chi connectivity index (χ2n) is 3.20. The summed E-state index contributed by atoms with van der Waals surface area (Å²) < 4.78 is 15.9. The zero-order chi connectivity index (χ0) is 13.4. The van der Waals surface area contributed by atoms with Crippen LogP contribution in [0.3, 0.4) is 0 Å². The van der Waals surface area contributed by atoms with Gasteiger partial charge < -0.3 is 0 Å². The summed E-state index contributed by atoms with van der Waals surface area (Å²) in [4.78, 5) is 4.66. The van der Waals surface area contributed by atoms with Crippen LogP contribution in [-0.2, 0) is 0 Å². The number of nitrogens with zero attached hydrogens (tertiary/aromatic N) is 1. The zero-order valence-corrected chi connectivity index (χ0v) is 11.6. The lowest BCUT2D eigenvalue weighted by Crippen LogP contribution is -1.90. The standard InChI is InChI=1S/C12H11FN2S.C2H6/c1-14-16-11-4-2-9(3-5-11)10-6-7-15-12(13)8-10;1-2/h2-8,14H,1H3;1-2H3. The molecule has 0 fully saturated rings. The molecule has 0 radical (unpaired) electrons. The van der Waals surface area contributed by atoms with Gasteiger partial charge in [0, 0.05) is 17.2 Å². The van der Waals surface area contributed by atoms with E-state index in [4.69, 9.17) is 0 Å². The van der Waals surface area contributed by atoms with E-state index in [1.54, 1.807) is 18.0 Å². The molecule has 1 N–H and O–H groups in total. The summed E-state index contributed by atoms with van der Waals surface area (Å²) in [6.45, 7) is 4.00. The van der Waals surface area contributed by atoms with Crippen LogP contribution in [0.25, 0.3) is 11.1 Å². The first kappa shape index (κ1) is 14.7. The summed E-state index contributed by atoms with van der Waals surface area (Å²) in [5.74, 6) is -0.453. The van der Waals surface area contributed by atoms with Crippen molar-refractivity contribution in [1.29, 1.82) is 0 Å². The minimum Gasteiger partial charge on any atom is -0.263 e. The van der Waals surface area contributed by atoms with Gasteiger partial charge in [-0.3, -0.25) is 4.72 Å². The third-order valence-electron chi connectivity index (χ3n) is 2.13. The highest BCUT2D eigenvalue weighted by Crippen LogP contribution is 2.22. The maximum absolute atomic E-state index is 12.9. The van der Waals surface area contributed by atoms with Crippen LogP contribution >= 0.6 is 11.9 Å². The van der Waals surface area contributed by atoms with Gasteiger partial charge in [0.25, 0.3) is 0 Å². The average Bonchev–Trinajstić information content (AvgIpc) is 2.42. The van der Waals surface area contributed by atoms with Gasteiger partial charge >= 0.3 is 0 Å². The molecular weight excluding hydrogens is 247 g/mol. The first-order chi connectivity index (χ1) is 8.79. The van der Waals surface area contributed by atoms with E-state index in [1.165, 1.54) is 12.3 Å². The van der Waals surface area contributed by atoms with Crippen LogP contribution < -0.4 is 4.72 Å². The lowest BCUT2D eigenvalue weighted by molar-refractivity contribution is 0.584. The van der Waals surface area contributed by atoms with Crippen molar-refractivity contribution >= 4 is 11.9 Å². The molecule has 0 atom stereocenters. The first-order valence-electron chi connectivity index (χ1n) is 5.85. The van der Waals surface area contributed by atoms with Crippen molar-refractivity contribution in [2.45, 2.75) is 18.7 Å². The third kappa shape index (κ3) is 4.13. The van der Waals surface area contributed by atoms with Crippen molar-refractivity contribution in [3.8, 4) is 11.1 Å². The van der Waals surface area contributed by atoms with Gasteiger partial charge in [-0.1, -0.05) is 26.0 Å². The molecule has 0 amide bonds. The lowest BCUT2D eigenvalue weighted by Gasteiger charge is -2.03. The molecule has 0 aliphatic rings. The van der Waals surface area contributed by atoms with Gasteiger partial charge in [0.15, 0.2) is 0 Å². The Kier molecular flexibility index (Phi) is 6.39. The van der Waals surface area contributed by atoms with Crippen LogP contribution in [0.15, 0.2) is 47.5 Å². The highest BCUT2D eigenvalue weighted by Gasteiger charge is 2.00. The molecule has 0 saturated heterocycles.